The Morgan fingerprint density at radius 1 is 0.621 bits per heavy atom. The van der Waals surface area contributed by atoms with Crippen molar-refractivity contribution in [1.29, 1.82) is 0 Å². The van der Waals surface area contributed by atoms with Crippen molar-refractivity contribution in [3.63, 3.8) is 0 Å². The van der Waals surface area contributed by atoms with Gasteiger partial charge in [-0.25, -0.2) is 4.79 Å². The number of methoxy groups -OCH3 is 1. The fourth-order valence-corrected chi connectivity index (χ4v) is 6.48. The normalized spacial score (nSPS) is 12.0. The molecule has 2 atom stereocenters. The molecule has 2 unspecified atom stereocenters. The van der Waals surface area contributed by atoms with Crippen LogP contribution >= 0.6 is 39.1 Å². The predicted molar refractivity (Wildman–Crippen MR) is 240 cm³/mol. The average molecular weight is 1020 g/mol. The summed E-state index contributed by atoms with van der Waals surface area (Å²) >= 11 is 15.0. The van der Waals surface area contributed by atoms with Gasteiger partial charge in [-0.3, -0.25) is 4.79 Å². The molecule has 2 N–H and O–H groups in total. The second kappa shape index (κ2) is 22.0. The number of rotatable bonds is 8. The molecule has 2 heterocycles. The highest BCUT2D eigenvalue weighted by molar-refractivity contribution is 9.09. The molecular weight excluding hydrogens is 985 g/mol. The van der Waals surface area contributed by atoms with Crippen molar-refractivity contribution in [3.05, 3.63) is 166 Å². The minimum Gasteiger partial charge on any atom is -0.506 e. The average Bonchev–Trinajstić information content (AvgIpc) is 3.91. The molecule has 2 aromatic heterocycles. The largest absolute Gasteiger partial charge is 0.506 e. The topological polar surface area (TPSA) is 154 Å². The van der Waals surface area contributed by atoms with Crippen molar-refractivity contribution in [2.24, 2.45) is 0 Å². The lowest BCUT2D eigenvalue weighted by atomic mass is 10.1. The Balaban J connectivity index is 0.000000232. The Morgan fingerprint density at radius 3 is 1.42 bits per heavy atom. The number of halogens is 9. The quantitative estimate of drug-likeness (QED) is 0.0854. The molecular formula is C45H37BrCl2F6N6O6. The van der Waals surface area contributed by atoms with Crippen molar-refractivity contribution in [2.45, 2.75) is 38.1 Å². The number of aromatic hydroxyl groups is 1. The molecule has 0 bridgehead atoms. The number of benzene rings is 6. The molecule has 0 spiro atoms. The van der Waals surface area contributed by atoms with Crippen LogP contribution in [0.2, 0.25) is 10.0 Å². The van der Waals surface area contributed by atoms with Crippen LogP contribution in [-0.2, 0) is 26.7 Å². The molecule has 0 saturated heterocycles. The van der Waals surface area contributed by atoms with Crippen LogP contribution in [0.25, 0.3) is 33.4 Å². The first kappa shape index (κ1) is 51.9. The smallest absolute Gasteiger partial charge is 0.416 e. The Bertz CT molecular complexity index is 2850. The Kier molecular flexibility index (Phi) is 17.3. The van der Waals surface area contributed by atoms with Gasteiger partial charge >= 0.3 is 24.3 Å². The van der Waals surface area contributed by atoms with Crippen LogP contribution in [0, 0.1) is 0 Å². The van der Waals surface area contributed by atoms with Crippen molar-refractivity contribution < 1.29 is 55.6 Å². The molecule has 66 heavy (non-hydrogen) atoms. The van der Waals surface area contributed by atoms with Crippen LogP contribution in [-0.4, -0.2) is 59.2 Å². The number of hydrogen-bond donors (Lipinski definition) is 2. The molecule has 0 fully saturated rings. The van der Waals surface area contributed by atoms with Crippen LogP contribution in [0.15, 0.2) is 133 Å². The number of carboxylic acid groups (broad SMARTS) is 1. The highest BCUT2D eigenvalue weighted by Gasteiger charge is 2.32. The molecule has 21 heteroatoms. The van der Waals surface area contributed by atoms with Gasteiger partial charge in [0, 0.05) is 15.6 Å². The Labute approximate surface area is 391 Å². The zero-order valence-electron chi connectivity index (χ0n) is 32.5. The summed E-state index contributed by atoms with van der Waals surface area (Å²) in [6.07, 6.45) is -10.5. The first-order valence-corrected chi connectivity index (χ1v) is 19.9. The molecule has 8 aromatic rings. The summed E-state index contributed by atoms with van der Waals surface area (Å²) in [5, 5.41) is 37.5. The van der Waals surface area contributed by atoms with Gasteiger partial charge in [0.2, 0.25) is 6.10 Å². The summed E-state index contributed by atoms with van der Waals surface area (Å²) in [6, 6.07) is 31.9. The Morgan fingerprint density at radius 2 is 1.02 bits per heavy atom. The highest BCUT2D eigenvalue weighted by atomic mass is 79.9. The van der Waals surface area contributed by atoms with E-state index in [1.165, 1.54) is 53.1 Å². The Hall–Kier alpha value is -6.70. The summed E-state index contributed by atoms with van der Waals surface area (Å²) in [6.45, 7) is 0. The summed E-state index contributed by atoms with van der Waals surface area (Å²) in [5.41, 5.74) is 2.31. The second-order valence-electron chi connectivity index (χ2n) is 13.2. The number of aromatic nitrogens is 6. The maximum Gasteiger partial charge on any atom is 0.416 e. The van der Waals surface area contributed by atoms with Gasteiger partial charge in [-0.2, -0.15) is 26.3 Å². The van der Waals surface area contributed by atoms with Crippen LogP contribution in [0.1, 0.15) is 48.0 Å². The third-order valence-electron chi connectivity index (χ3n) is 8.81. The number of aliphatic carboxylic acids is 1. The third kappa shape index (κ3) is 12.8. The van der Waals surface area contributed by atoms with E-state index in [0.29, 0.717) is 32.3 Å². The summed E-state index contributed by atoms with van der Waals surface area (Å²) < 4.78 is 85.3. The fourth-order valence-electron chi connectivity index (χ4n) is 5.65. The standard InChI is InChI=1S/C21H13ClF3N3O3.C12H8ClN3O.C10H8BrF3O2.2CH4/c22-14-9-10-18(17(11-14)28-26-15-3-1-2-4-16(15)27-28)31-19(20(29)30)12-5-7-13(8-6-12)21(23,24)25;13-8-5-6-12(17)11(7-8)16-14-9-3-1-2-4-10(9)15-16;1-16-9(15)8(11)6-2-4-7(5-3-6)10(12,13)14;;/h1-11,19H,(H,29,30);1-7,17H;2-5,8H,1H3;2*1H4. The number of phenolic OH excluding ortho intramolecular Hbond substituents is 1. The lowest BCUT2D eigenvalue weighted by Crippen LogP contribution is -2.19. The van der Waals surface area contributed by atoms with E-state index >= 15 is 0 Å². The maximum atomic E-state index is 12.8. The highest BCUT2D eigenvalue weighted by Crippen LogP contribution is 2.35. The van der Waals surface area contributed by atoms with E-state index < -0.39 is 46.3 Å². The zero-order valence-corrected chi connectivity index (χ0v) is 35.6. The van der Waals surface area contributed by atoms with E-state index in [1.807, 2.05) is 24.3 Å². The van der Waals surface area contributed by atoms with Gasteiger partial charge in [0.25, 0.3) is 0 Å². The third-order valence-corrected chi connectivity index (χ3v) is 10.2. The number of carboxylic acids is 1. The summed E-state index contributed by atoms with van der Waals surface area (Å²) in [7, 11) is 1.21. The van der Waals surface area contributed by atoms with Crippen LogP contribution < -0.4 is 4.74 Å². The monoisotopic (exact) mass is 1020 g/mol. The molecule has 6 aromatic carbocycles. The van der Waals surface area contributed by atoms with Gasteiger partial charge in [0.1, 0.15) is 49.8 Å². The molecule has 0 aliphatic rings. The lowest BCUT2D eigenvalue weighted by molar-refractivity contribution is -0.145. The van der Waals surface area contributed by atoms with Gasteiger partial charge in [0.05, 0.1) is 18.2 Å². The molecule has 12 nitrogen and oxygen atoms in total. The SMILES string of the molecule is C.C.COC(=O)C(Br)c1ccc(C(F)(F)F)cc1.O=C(O)C(Oc1ccc(Cl)cc1-n1nc2ccccc2n1)c1ccc(C(F)(F)F)cc1.Oc1ccc(Cl)cc1-n1nc2ccccc2n1. The number of esters is 1. The number of carbonyl (C=O) groups is 2. The van der Waals surface area contributed by atoms with Crippen molar-refractivity contribution in [2.75, 3.05) is 7.11 Å². The molecule has 0 radical (unpaired) electrons. The first-order valence-electron chi connectivity index (χ1n) is 18.2. The molecule has 0 aliphatic heterocycles. The number of fused-ring (bicyclic) bond motifs is 2. The lowest BCUT2D eigenvalue weighted by Gasteiger charge is -2.18. The molecule has 0 amide bonds. The van der Waals surface area contributed by atoms with Crippen LogP contribution in [0.4, 0.5) is 26.3 Å². The zero-order chi connectivity index (χ0) is 46.3. The van der Waals surface area contributed by atoms with E-state index in [0.717, 1.165) is 47.4 Å². The van der Waals surface area contributed by atoms with Gasteiger partial charge in [-0.05, 0) is 90.5 Å². The van der Waals surface area contributed by atoms with E-state index in [-0.39, 0.29) is 37.6 Å². The van der Waals surface area contributed by atoms with Gasteiger partial charge < -0.3 is 19.7 Å². The van der Waals surface area contributed by atoms with E-state index in [4.69, 9.17) is 27.9 Å². The fraction of sp³-hybridized carbons (Fsp3) is 0.156. The van der Waals surface area contributed by atoms with E-state index in [2.05, 4.69) is 41.1 Å². The number of nitrogens with zero attached hydrogens (tertiary/aromatic N) is 6. The van der Waals surface area contributed by atoms with Crippen molar-refractivity contribution in [1.82, 2.24) is 30.0 Å². The predicted octanol–water partition coefficient (Wildman–Crippen LogP) is 12.7. The number of carbonyl (C=O) groups excluding carboxylic acids is 1. The van der Waals surface area contributed by atoms with Crippen molar-refractivity contribution >= 4 is 73.1 Å². The van der Waals surface area contributed by atoms with E-state index in [1.54, 1.807) is 36.4 Å². The van der Waals surface area contributed by atoms with Gasteiger partial charge in [-0.1, -0.05) is 103 Å². The summed E-state index contributed by atoms with van der Waals surface area (Å²) in [4.78, 5) is 24.8. The van der Waals surface area contributed by atoms with Crippen molar-refractivity contribution in [3.8, 4) is 22.9 Å². The maximum absolute atomic E-state index is 12.8. The first-order chi connectivity index (χ1) is 30.3. The van der Waals surface area contributed by atoms with Crippen LogP contribution in [0.3, 0.4) is 0 Å². The van der Waals surface area contributed by atoms with Gasteiger partial charge in [0.15, 0.2) is 0 Å². The number of hydrogen-bond acceptors (Lipinski definition) is 9. The number of phenols is 1. The number of alkyl halides is 7. The second-order valence-corrected chi connectivity index (χ2v) is 15.0. The molecule has 0 aliphatic carbocycles. The number of ether oxygens (including phenoxy) is 2. The minimum absolute atomic E-state index is 0. The molecule has 346 valence electrons. The van der Waals surface area contributed by atoms with Gasteiger partial charge in [-0.15, -0.1) is 30.0 Å². The molecule has 0 saturated carbocycles. The van der Waals surface area contributed by atoms with Crippen LogP contribution in [0.5, 0.6) is 11.5 Å². The van der Waals surface area contributed by atoms with E-state index in [9.17, 15) is 46.1 Å². The minimum atomic E-state index is -4.53. The summed E-state index contributed by atoms with van der Waals surface area (Å²) in [5.74, 6) is -1.74. The molecule has 8 rings (SSSR count).